The molecule has 1 atom stereocenters. The van der Waals surface area contributed by atoms with Gasteiger partial charge in [0.2, 0.25) is 5.89 Å². The fourth-order valence-electron chi connectivity index (χ4n) is 2.89. The molecule has 6 nitrogen and oxygen atoms in total. The zero-order valence-corrected chi connectivity index (χ0v) is 13.2. The van der Waals surface area contributed by atoms with Gasteiger partial charge in [0.1, 0.15) is 0 Å². The van der Waals surface area contributed by atoms with Crippen molar-refractivity contribution in [2.24, 2.45) is 0 Å². The second-order valence-electron chi connectivity index (χ2n) is 5.90. The van der Waals surface area contributed by atoms with Crippen molar-refractivity contribution in [2.75, 3.05) is 6.54 Å². The number of amides is 2. The van der Waals surface area contributed by atoms with Crippen LogP contribution in [0.15, 0.2) is 16.0 Å². The van der Waals surface area contributed by atoms with E-state index in [4.69, 9.17) is 4.52 Å². The molecule has 0 bridgehead atoms. The Balaban J connectivity index is 1.37. The minimum atomic E-state index is -0.0736. The minimum absolute atomic E-state index is 0.0736. The number of hydrogen-bond donors (Lipinski definition) is 1. The van der Waals surface area contributed by atoms with Crippen molar-refractivity contribution in [1.82, 2.24) is 20.4 Å². The molecule has 0 saturated heterocycles. The van der Waals surface area contributed by atoms with Crippen molar-refractivity contribution >= 4 is 17.4 Å². The van der Waals surface area contributed by atoms with Crippen molar-refractivity contribution in [3.05, 3.63) is 33.6 Å². The standard InChI is InChI=1S/C15H18N4O2S/c1-9-11-5-7-22-12(11)4-6-19(9)15(20)16-8-13-17-14(18-21-13)10-2-3-10/h5,7,9-10H,2-4,6,8H2,1H3,(H,16,20)/t9-/m0/s1. The highest BCUT2D eigenvalue weighted by molar-refractivity contribution is 7.10. The second kappa shape index (κ2) is 5.39. The van der Waals surface area contributed by atoms with Gasteiger partial charge in [-0.2, -0.15) is 4.98 Å². The van der Waals surface area contributed by atoms with Crippen LogP contribution in [0.4, 0.5) is 4.79 Å². The van der Waals surface area contributed by atoms with E-state index in [2.05, 4.69) is 33.8 Å². The molecule has 116 valence electrons. The molecule has 0 radical (unpaired) electrons. The van der Waals surface area contributed by atoms with Crippen LogP contribution in [-0.2, 0) is 13.0 Å². The summed E-state index contributed by atoms with van der Waals surface area (Å²) in [5.74, 6) is 1.72. The van der Waals surface area contributed by atoms with Gasteiger partial charge in [-0.05, 0) is 43.2 Å². The highest BCUT2D eigenvalue weighted by atomic mass is 32.1. The molecule has 2 aliphatic rings. The van der Waals surface area contributed by atoms with Crippen LogP contribution in [0, 0.1) is 0 Å². The maximum Gasteiger partial charge on any atom is 0.318 e. The zero-order valence-electron chi connectivity index (χ0n) is 12.4. The maximum absolute atomic E-state index is 12.4. The van der Waals surface area contributed by atoms with Crippen LogP contribution in [0.3, 0.4) is 0 Å². The summed E-state index contributed by atoms with van der Waals surface area (Å²) in [5, 5.41) is 8.94. The quantitative estimate of drug-likeness (QED) is 0.944. The van der Waals surface area contributed by atoms with E-state index in [1.165, 1.54) is 10.4 Å². The lowest BCUT2D eigenvalue weighted by Gasteiger charge is -2.33. The zero-order chi connectivity index (χ0) is 15.1. The Morgan fingerprint density at radius 3 is 3.23 bits per heavy atom. The van der Waals surface area contributed by atoms with Gasteiger partial charge < -0.3 is 14.7 Å². The van der Waals surface area contributed by atoms with Gasteiger partial charge in [-0.3, -0.25) is 0 Å². The van der Waals surface area contributed by atoms with Gasteiger partial charge in [0.25, 0.3) is 0 Å². The van der Waals surface area contributed by atoms with E-state index in [0.717, 1.165) is 31.6 Å². The van der Waals surface area contributed by atoms with Crippen molar-refractivity contribution < 1.29 is 9.32 Å². The second-order valence-corrected chi connectivity index (χ2v) is 6.90. The van der Waals surface area contributed by atoms with Gasteiger partial charge in [-0.25, -0.2) is 4.79 Å². The molecule has 0 unspecified atom stereocenters. The molecule has 1 aliphatic heterocycles. The first kappa shape index (κ1) is 13.8. The van der Waals surface area contributed by atoms with E-state index in [1.54, 1.807) is 11.3 Å². The lowest BCUT2D eigenvalue weighted by molar-refractivity contribution is 0.173. The molecule has 2 amide bonds. The molecule has 2 aromatic heterocycles. The Morgan fingerprint density at radius 2 is 2.41 bits per heavy atom. The molecule has 1 aliphatic carbocycles. The molecule has 2 aromatic rings. The van der Waals surface area contributed by atoms with Crippen molar-refractivity contribution in [2.45, 2.75) is 44.7 Å². The molecule has 0 aromatic carbocycles. The smallest absolute Gasteiger partial charge is 0.318 e. The van der Waals surface area contributed by atoms with Gasteiger partial charge >= 0.3 is 6.03 Å². The molecule has 0 spiro atoms. The predicted molar refractivity (Wildman–Crippen MR) is 81.7 cm³/mol. The van der Waals surface area contributed by atoms with Crippen molar-refractivity contribution in [3.8, 4) is 0 Å². The molecule has 1 saturated carbocycles. The van der Waals surface area contributed by atoms with Crippen LogP contribution in [0.25, 0.3) is 0 Å². The third kappa shape index (κ3) is 2.49. The van der Waals surface area contributed by atoms with Crippen LogP contribution in [-0.4, -0.2) is 27.6 Å². The third-order valence-electron chi connectivity index (χ3n) is 4.36. The lowest BCUT2D eigenvalue weighted by atomic mass is 10.0. The molecule has 4 rings (SSSR count). The van der Waals surface area contributed by atoms with Crippen molar-refractivity contribution in [1.29, 1.82) is 0 Å². The molecule has 1 N–H and O–H groups in total. The van der Waals surface area contributed by atoms with Crippen LogP contribution < -0.4 is 5.32 Å². The Kier molecular flexibility index (Phi) is 3.37. The number of thiophene rings is 1. The summed E-state index contributed by atoms with van der Waals surface area (Å²) in [4.78, 5) is 20.0. The number of fused-ring (bicyclic) bond motifs is 1. The first-order valence-corrected chi connectivity index (χ1v) is 8.53. The van der Waals surface area contributed by atoms with Gasteiger partial charge in [-0.1, -0.05) is 5.16 Å². The summed E-state index contributed by atoms with van der Waals surface area (Å²) in [6.45, 7) is 3.11. The van der Waals surface area contributed by atoms with E-state index in [9.17, 15) is 4.79 Å². The lowest BCUT2D eigenvalue weighted by Crippen LogP contribution is -2.44. The van der Waals surface area contributed by atoms with Crippen LogP contribution >= 0.6 is 11.3 Å². The summed E-state index contributed by atoms with van der Waals surface area (Å²) in [5.41, 5.74) is 1.26. The topological polar surface area (TPSA) is 71.3 Å². The van der Waals surface area contributed by atoms with E-state index < -0.39 is 0 Å². The molecular weight excluding hydrogens is 300 g/mol. The fourth-order valence-corrected chi connectivity index (χ4v) is 3.85. The SMILES string of the molecule is C[C@H]1c2ccsc2CCN1C(=O)NCc1nc(C2CC2)no1. The normalized spacial score (nSPS) is 20.8. The highest BCUT2D eigenvalue weighted by Crippen LogP contribution is 2.38. The van der Waals surface area contributed by atoms with Crippen LogP contribution in [0.1, 0.15) is 53.9 Å². The minimum Gasteiger partial charge on any atom is -0.337 e. The summed E-state index contributed by atoms with van der Waals surface area (Å²) >= 11 is 1.77. The van der Waals surface area contributed by atoms with Gasteiger partial charge in [0.05, 0.1) is 12.6 Å². The first-order chi connectivity index (χ1) is 10.7. The number of hydrogen-bond acceptors (Lipinski definition) is 5. The van der Waals surface area contributed by atoms with E-state index in [-0.39, 0.29) is 18.6 Å². The summed E-state index contributed by atoms with van der Waals surface area (Å²) in [6, 6.07) is 2.15. The summed E-state index contributed by atoms with van der Waals surface area (Å²) in [6.07, 6.45) is 3.20. The number of rotatable bonds is 3. The summed E-state index contributed by atoms with van der Waals surface area (Å²) in [7, 11) is 0. The van der Waals surface area contributed by atoms with Gasteiger partial charge in [0, 0.05) is 17.3 Å². The number of carbonyl (C=O) groups excluding carboxylic acids is 1. The Hall–Kier alpha value is -1.89. The van der Waals surface area contributed by atoms with Crippen LogP contribution in [0.5, 0.6) is 0 Å². The molecule has 1 fully saturated rings. The molecule has 22 heavy (non-hydrogen) atoms. The van der Waals surface area contributed by atoms with E-state index >= 15 is 0 Å². The third-order valence-corrected chi connectivity index (χ3v) is 5.35. The van der Waals surface area contributed by atoms with Crippen molar-refractivity contribution in [3.63, 3.8) is 0 Å². The average Bonchev–Trinajstić information content (AvgIpc) is 3.07. The molecule has 3 heterocycles. The highest BCUT2D eigenvalue weighted by Gasteiger charge is 2.30. The summed E-state index contributed by atoms with van der Waals surface area (Å²) < 4.78 is 5.18. The Morgan fingerprint density at radius 1 is 1.55 bits per heavy atom. The number of nitrogens with zero attached hydrogens (tertiary/aromatic N) is 3. The Labute approximate surface area is 132 Å². The molecule has 7 heteroatoms. The number of nitrogens with one attached hydrogen (secondary N) is 1. The van der Waals surface area contributed by atoms with Gasteiger partial charge in [-0.15, -0.1) is 11.3 Å². The maximum atomic E-state index is 12.4. The fraction of sp³-hybridized carbons (Fsp3) is 0.533. The first-order valence-electron chi connectivity index (χ1n) is 7.65. The number of aromatic nitrogens is 2. The largest absolute Gasteiger partial charge is 0.337 e. The average molecular weight is 318 g/mol. The monoisotopic (exact) mass is 318 g/mol. The number of urea groups is 1. The van der Waals surface area contributed by atoms with Crippen LogP contribution in [0.2, 0.25) is 0 Å². The molecular formula is C15H18N4O2S. The predicted octanol–water partition coefficient (Wildman–Crippen LogP) is 2.84. The Bertz CT molecular complexity index is 691. The van der Waals surface area contributed by atoms with E-state index in [0.29, 0.717) is 11.8 Å². The van der Waals surface area contributed by atoms with E-state index in [1.807, 2.05) is 4.90 Å². The van der Waals surface area contributed by atoms with Gasteiger partial charge in [0.15, 0.2) is 5.82 Å². The number of carbonyl (C=O) groups is 1.